The molecule has 0 spiro atoms. The average Bonchev–Trinajstić information content (AvgIpc) is 3.38. The van der Waals surface area contributed by atoms with E-state index in [1.807, 2.05) is 37.3 Å². The van der Waals surface area contributed by atoms with Gasteiger partial charge in [-0.3, -0.25) is 9.69 Å². The Hall–Kier alpha value is -2.80. The molecule has 1 aliphatic heterocycles. The van der Waals surface area contributed by atoms with E-state index in [2.05, 4.69) is 10.2 Å². The number of amides is 1. The lowest BCUT2D eigenvalue weighted by Crippen LogP contribution is -2.42. The van der Waals surface area contributed by atoms with Gasteiger partial charge in [0, 0.05) is 38.1 Å². The number of likely N-dealkylation sites (tertiary alicyclic amines) is 1. The molecule has 1 heterocycles. The van der Waals surface area contributed by atoms with Crippen molar-refractivity contribution in [2.24, 2.45) is 5.92 Å². The van der Waals surface area contributed by atoms with E-state index >= 15 is 0 Å². The fraction of sp³-hybridized carbons (Fsp3) is 0.576. The number of carboxylic acids is 1. The summed E-state index contributed by atoms with van der Waals surface area (Å²) in [6, 6.07) is 11.5. The minimum atomic E-state index is -3.42. The topological polar surface area (TPSA) is 147 Å². The van der Waals surface area contributed by atoms with Gasteiger partial charge in [-0.25, -0.2) is 21.6 Å². The predicted octanol–water partition coefficient (Wildman–Crippen LogP) is 3.86. The van der Waals surface area contributed by atoms with Crippen molar-refractivity contribution in [2.45, 2.75) is 75.7 Å². The molecule has 2 aromatic carbocycles. The van der Waals surface area contributed by atoms with Crippen molar-refractivity contribution in [1.82, 2.24) is 10.2 Å². The van der Waals surface area contributed by atoms with Gasteiger partial charge in [0.2, 0.25) is 0 Å². The summed E-state index contributed by atoms with van der Waals surface area (Å²) in [6.45, 7) is 3.19. The van der Waals surface area contributed by atoms with Crippen molar-refractivity contribution in [3.8, 4) is 11.1 Å². The van der Waals surface area contributed by atoms with Crippen LogP contribution in [0, 0.1) is 12.8 Å². The first-order valence-corrected chi connectivity index (χ1v) is 19.4. The van der Waals surface area contributed by atoms with Crippen LogP contribution >= 0.6 is 0 Å². The molecule has 3 atom stereocenters. The van der Waals surface area contributed by atoms with Gasteiger partial charge >= 0.3 is 5.97 Å². The lowest BCUT2D eigenvalue weighted by Gasteiger charge is -2.25. The molecule has 2 aromatic rings. The molecular weight excluding hydrogens is 617 g/mol. The van der Waals surface area contributed by atoms with Crippen LogP contribution in [0.1, 0.15) is 66.4 Å². The van der Waals surface area contributed by atoms with E-state index in [9.17, 15) is 31.5 Å². The van der Waals surface area contributed by atoms with Crippen LogP contribution in [0.3, 0.4) is 0 Å². The molecule has 2 fully saturated rings. The van der Waals surface area contributed by atoms with Gasteiger partial charge in [0.15, 0.2) is 9.84 Å². The number of carboxylic acid groups (broad SMARTS) is 1. The molecule has 248 valence electrons. The molecule has 4 rings (SSSR count). The molecular formula is C33H46N2O8S2. The Balaban J connectivity index is 1.59. The third-order valence-corrected chi connectivity index (χ3v) is 12.3. The van der Waals surface area contributed by atoms with Crippen LogP contribution in [-0.2, 0) is 35.8 Å². The molecule has 2 N–H and O–H groups in total. The predicted molar refractivity (Wildman–Crippen MR) is 175 cm³/mol. The summed E-state index contributed by atoms with van der Waals surface area (Å²) in [5.74, 6) is -1.82. The highest BCUT2D eigenvalue weighted by atomic mass is 32.2. The van der Waals surface area contributed by atoms with Gasteiger partial charge in [0.05, 0.1) is 23.4 Å². The highest BCUT2D eigenvalue weighted by Crippen LogP contribution is 2.33. The van der Waals surface area contributed by atoms with E-state index in [1.54, 1.807) is 19.2 Å². The van der Waals surface area contributed by atoms with E-state index in [4.69, 9.17) is 4.74 Å². The first-order chi connectivity index (χ1) is 21.3. The molecule has 0 radical (unpaired) electrons. The third-order valence-electron chi connectivity index (χ3n) is 9.08. The summed E-state index contributed by atoms with van der Waals surface area (Å²) in [4.78, 5) is 27.5. The number of methoxy groups -OCH3 is 1. The van der Waals surface area contributed by atoms with E-state index < -0.39 is 42.8 Å². The Morgan fingerprint density at radius 1 is 1.04 bits per heavy atom. The van der Waals surface area contributed by atoms with Gasteiger partial charge in [0.1, 0.15) is 15.9 Å². The number of rotatable bonds is 14. The number of aryl methyl sites for hydroxylation is 1. The maximum atomic E-state index is 13.5. The number of nitrogens with zero attached hydrogens (tertiary/aromatic N) is 1. The van der Waals surface area contributed by atoms with Gasteiger partial charge in [-0.1, -0.05) is 49.6 Å². The van der Waals surface area contributed by atoms with E-state index in [0.29, 0.717) is 31.7 Å². The number of sulfone groups is 2. The molecule has 1 saturated heterocycles. The second-order valence-corrected chi connectivity index (χ2v) is 17.3. The van der Waals surface area contributed by atoms with E-state index in [1.165, 1.54) is 6.42 Å². The second-order valence-electron chi connectivity index (χ2n) is 12.7. The Morgan fingerprint density at radius 3 is 2.40 bits per heavy atom. The standard InChI is InChI=1S/C33H46N2O8S2/c1-23-9-7-8-12-28(23)30-17-25(13-14-29(30)32(36)34-31(33(37)38)15-16-44(3,39)40)19-35-20-27(18-26(35)21-43-2)45(41,42)22-24-10-5-4-6-11-24/h7-9,12-14,17,24,26-27,31H,4-6,10-11,15-16,18-22H2,1-3H3,(H,34,36)(H,37,38)/t26?,27?,31-/m1/s1. The van der Waals surface area contributed by atoms with Crippen LogP contribution in [-0.4, -0.2) is 94.1 Å². The van der Waals surface area contributed by atoms with Crippen LogP contribution in [0.15, 0.2) is 42.5 Å². The van der Waals surface area contributed by atoms with Gasteiger partial charge < -0.3 is 15.2 Å². The zero-order valence-electron chi connectivity index (χ0n) is 26.4. The van der Waals surface area contributed by atoms with E-state index in [0.717, 1.165) is 48.6 Å². The Morgan fingerprint density at radius 2 is 1.76 bits per heavy atom. The normalized spacial score (nSPS) is 20.6. The van der Waals surface area contributed by atoms with Gasteiger partial charge in [-0.15, -0.1) is 0 Å². The smallest absolute Gasteiger partial charge is 0.326 e. The SMILES string of the molecule is COCC1CC(S(=O)(=O)CC2CCCCC2)CN1Cc1ccc(C(=O)N[C@H](CCS(C)(=O)=O)C(=O)O)c(-c2ccccc2C)c1. The summed E-state index contributed by atoms with van der Waals surface area (Å²) >= 11 is 0. The number of aliphatic carboxylic acids is 1. The van der Waals surface area contributed by atoms with Crippen LogP contribution in [0.5, 0.6) is 0 Å². The van der Waals surface area contributed by atoms with Crippen molar-refractivity contribution >= 4 is 31.6 Å². The third kappa shape index (κ3) is 9.60. The number of nitrogens with one attached hydrogen (secondary N) is 1. The molecule has 2 unspecified atom stereocenters. The summed E-state index contributed by atoms with van der Waals surface area (Å²) in [6.07, 6.45) is 6.60. The largest absolute Gasteiger partial charge is 0.480 e. The quantitative estimate of drug-likeness (QED) is 0.308. The Bertz CT molecular complexity index is 1570. The Kier molecular flexibility index (Phi) is 11.8. The maximum absolute atomic E-state index is 13.5. The first kappa shape index (κ1) is 35.1. The van der Waals surface area contributed by atoms with Crippen molar-refractivity contribution < 1.29 is 36.3 Å². The van der Waals surface area contributed by atoms with Gasteiger partial charge in [-0.05, 0) is 72.9 Å². The monoisotopic (exact) mass is 662 g/mol. The highest BCUT2D eigenvalue weighted by molar-refractivity contribution is 7.92. The maximum Gasteiger partial charge on any atom is 0.326 e. The molecule has 45 heavy (non-hydrogen) atoms. The van der Waals surface area contributed by atoms with Crippen LogP contribution < -0.4 is 5.32 Å². The lowest BCUT2D eigenvalue weighted by molar-refractivity contribution is -0.139. The molecule has 1 saturated carbocycles. The number of benzene rings is 2. The number of carbonyl (C=O) groups excluding carboxylic acids is 1. The number of hydrogen-bond acceptors (Lipinski definition) is 8. The second kappa shape index (κ2) is 15.2. The summed E-state index contributed by atoms with van der Waals surface area (Å²) in [5.41, 5.74) is 3.47. The molecule has 0 aromatic heterocycles. The average molecular weight is 663 g/mol. The van der Waals surface area contributed by atoms with Crippen molar-refractivity contribution in [1.29, 1.82) is 0 Å². The lowest BCUT2D eigenvalue weighted by atomic mass is 9.91. The summed E-state index contributed by atoms with van der Waals surface area (Å²) < 4.78 is 55.8. The summed E-state index contributed by atoms with van der Waals surface area (Å²) in [7, 11) is -5.08. The molecule has 12 heteroatoms. The molecule has 10 nitrogen and oxygen atoms in total. The number of hydrogen-bond donors (Lipinski definition) is 2. The molecule has 1 amide bonds. The summed E-state index contributed by atoms with van der Waals surface area (Å²) in [5, 5.41) is 11.7. The fourth-order valence-electron chi connectivity index (χ4n) is 6.62. The molecule has 1 aliphatic carbocycles. The number of carbonyl (C=O) groups is 2. The minimum absolute atomic E-state index is 0.0720. The zero-order chi connectivity index (χ0) is 32.8. The van der Waals surface area contributed by atoms with Crippen molar-refractivity contribution in [3.63, 3.8) is 0 Å². The van der Waals surface area contributed by atoms with Crippen molar-refractivity contribution in [2.75, 3.05) is 38.0 Å². The molecule has 0 bridgehead atoms. The Labute approximate surface area is 267 Å². The highest BCUT2D eigenvalue weighted by Gasteiger charge is 2.40. The van der Waals surface area contributed by atoms with Gasteiger partial charge in [-0.2, -0.15) is 0 Å². The van der Waals surface area contributed by atoms with Gasteiger partial charge in [0.25, 0.3) is 5.91 Å². The number of ether oxygens (including phenoxy) is 1. The fourth-order valence-corrected chi connectivity index (χ4v) is 9.48. The minimum Gasteiger partial charge on any atom is -0.480 e. The van der Waals surface area contributed by atoms with Crippen LogP contribution in [0.2, 0.25) is 0 Å². The van der Waals surface area contributed by atoms with E-state index in [-0.39, 0.29) is 35.4 Å². The van der Waals surface area contributed by atoms with Crippen LogP contribution in [0.4, 0.5) is 0 Å². The first-order valence-electron chi connectivity index (χ1n) is 15.6. The van der Waals surface area contributed by atoms with Crippen molar-refractivity contribution in [3.05, 3.63) is 59.2 Å². The molecule has 2 aliphatic rings. The van der Waals surface area contributed by atoms with Crippen LogP contribution in [0.25, 0.3) is 11.1 Å². The zero-order valence-corrected chi connectivity index (χ0v) is 28.0.